The van der Waals surface area contributed by atoms with E-state index in [1.165, 1.54) is 5.69 Å². The van der Waals surface area contributed by atoms with E-state index in [0.717, 1.165) is 33.2 Å². The molecule has 0 spiro atoms. The fourth-order valence-corrected chi connectivity index (χ4v) is 5.74. The summed E-state index contributed by atoms with van der Waals surface area (Å²) in [7, 11) is 0. The zero-order valence-electron chi connectivity index (χ0n) is 15.6. The Balaban J connectivity index is 1.62. The summed E-state index contributed by atoms with van der Waals surface area (Å²) in [5, 5.41) is 1.16. The van der Waals surface area contributed by atoms with Crippen LogP contribution in [0.5, 0.6) is 0 Å². The second-order valence-corrected chi connectivity index (χ2v) is 9.02. The molecule has 3 atom stereocenters. The number of amidine groups is 1. The molecule has 2 aromatic heterocycles. The molecule has 2 aliphatic rings. The van der Waals surface area contributed by atoms with Crippen molar-refractivity contribution in [3.63, 3.8) is 0 Å². The molecule has 142 valence electrons. The number of halogens is 1. The molecule has 0 bridgehead atoms. The lowest BCUT2D eigenvalue weighted by Gasteiger charge is -2.32. The van der Waals surface area contributed by atoms with Crippen LogP contribution >= 0.6 is 27.7 Å². The van der Waals surface area contributed by atoms with Gasteiger partial charge in [0.2, 0.25) is 0 Å². The number of hydrogen-bond donors (Lipinski definition) is 0. The first-order valence-electron chi connectivity index (χ1n) is 9.59. The lowest BCUT2D eigenvalue weighted by molar-refractivity contribution is 0.249. The zero-order chi connectivity index (χ0) is 19.1. The fraction of sp³-hybridized carbons (Fsp3) is 0.273. The summed E-state index contributed by atoms with van der Waals surface area (Å²) < 4.78 is 3.38. The fourth-order valence-electron chi connectivity index (χ4n) is 4.14. The quantitative estimate of drug-likeness (QED) is 0.515. The highest BCUT2D eigenvalue weighted by atomic mass is 79.9. The third-order valence-electron chi connectivity index (χ3n) is 5.52. The Bertz CT molecular complexity index is 999. The van der Waals surface area contributed by atoms with Gasteiger partial charge in [0.25, 0.3) is 0 Å². The molecule has 0 N–H and O–H groups in total. The van der Waals surface area contributed by atoms with E-state index in [-0.39, 0.29) is 12.1 Å². The minimum atomic E-state index is 0.0159. The normalized spacial score (nSPS) is 23.7. The van der Waals surface area contributed by atoms with Crippen LogP contribution in [0.2, 0.25) is 0 Å². The molecule has 4 heterocycles. The van der Waals surface area contributed by atoms with Crippen molar-refractivity contribution in [1.82, 2.24) is 14.5 Å². The second kappa shape index (κ2) is 7.41. The van der Waals surface area contributed by atoms with E-state index in [9.17, 15) is 0 Å². The van der Waals surface area contributed by atoms with Crippen LogP contribution in [0.3, 0.4) is 0 Å². The van der Waals surface area contributed by atoms with E-state index in [1.807, 2.05) is 24.0 Å². The molecule has 3 unspecified atom stereocenters. The van der Waals surface area contributed by atoms with Crippen LogP contribution in [0.15, 0.2) is 76.5 Å². The van der Waals surface area contributed by atoms with Crippen LogP contribution < -0.4 is 0 Å². The van der Waals surface area contributed by atoms with Gasteiger partial charge < -0.3 is 9.47 Å². The van der Waals surface area contributed by atoms with Crippen molar-refractivity contribution in [1.29, 1.82) is 0 Å². The van der Waals surface area contributed by atoms with Gasteiger partial charge in [0.1, 0.15) is 12.1 Å². The maximum Gasteiger partial charge on any atom is 0.160 e. The van der Waals surface area contributed by atoms with E-state index in [2.05, 4.69) is 92.0 Å². The number of pyridine rings is 1. The third-order valence-corrected chi connectivity index (χ3v) is 7.17. The van der Waals surface area contributed by atoms with Gasteiger partial charge >= 0.3 is 0 Å². The summed E-state index contributed by atoms with van der Waals surface area (Å²) in [6, 6.07) is 19.7. The molecule has 1 saturated heterocycles. The number of nitrogens with zero attached hydrogens (tertiary/aromatic N) is 4. The minimum Gasteiger partial charge on any atom is -0.337 e. The molecule has 5 rings (SSSR count). The minimum absolute atomic E-state index is 0.0159. The molecule has 3 aromatic rings. The Morgan fingerprint density at radius 1 is 1.11 bits per heavy atom. The van der Waals surface area contributed by atoms with Gasteiger partial charge in [0.15, 0.2) is 5.17 Å². The molecule has 0 aliphatic carbocycles. The highest BCUT2D eigenvalue weighted by molar-refractivity contribution is 9.10. The van der Waals surface area contributed by atoms with E-state index in [1.54, 1.807) is 0 Å². The molecular formula is C22H21BrN4S. The highest BCUT2D eigenvalue weighted by Crippen LogP contribution is 2.48. The van der Waals surface area contributed by atoms with Crippen LogP contribution in [0.1, 0.15) is 36.8 Å². The average molecular weight is 453 g/mol. The monoisotopic (exact) mass is 452 g/mol. The van der Waals surface area contributed by atoms with E-state index in [0.29, 0.717) is 6.04 Å². The van der Waals surface area contributed by atoms with Gasteiger partial charge in [0.05, 0.1) is 5.69 Å². The first-order chi connectivity index (χ1) is 13.8. The maximum absolute atomic E-state index is 5.13. The molecule has 1 aromatic carbocycles. The SMILES string of the molecule is CCC1CSC2=NC(c3ccccn3)C(c3cccn3-c3ccc(Br)cc3)N21. The van der Waals surface area contributed by atoms with Crippen molar-refractivity contribution in [3.05, 3.63) is 82.9 Å². The number of hydrogen-bond acceptors (Lipinski definition) is 4. The van der Waals surface area contributed by atoms with Crippen LogP contribution in [-0.4, -0.2) is 31.4 Å². The van der Waals surface area contributed by atoms with Crippen molar-refractivity contribution in [3.8, 4) is 5.69 Å². The third kappa shape index (κ3) is 2.99. The Kier molecular flexibility index (Phi) is 4.77. The van der Waals surface area contributed by atoms with Crippen LogP contribution in [-0.2, 0) is 0 Å². The Morgan fingerprint density at radius 3 is 2.71 bits per heavy atom. The summed E-state index contributed by atoms with van der Waals surface area (Å²) in [4.78, 5) is 12.3. The second-order valence-electron chi connectivity index (χ2n) is 7.12. The standard InChI is InChI=1S/C22H21BrN4S/c1-2-16-14-28-22-25-20(18-6-3-4-12-24-18)21(27(16)22)19-7-5-13-26(19)17-10-8-15(23)9-11-17/h3-13,16,20-21H,2,14H2,1H3. The summed E-state index contributed by atoms with van der Waals surface area (Å²) >= 11 is 5.42. The largest absolute Gasteiger partial charge is 0.337 e. The molecule has 1 fully saturated rings. The Morgan fingerprint density at radius 2 is 1.96 bits per heavy atom. The van der Waals surface area contributed by atoms with Gasteiger partial charge in [-0.15, -0.1) is 0 Å². The molecule has 4 nitrogen and oxygen atoms in total. The van der Waals surface area contributed by atoms with Crippen molar-refractivity contribution in [2.75, 3.05) is 5.75 Å². The van der Waals surface area contributed by atoms with Crippen molar-refractivity contribution < 1.29 is 0 Å². The van der Waals surface area contributed by atoms with Gasteiger partial charge in [0, 0.05) is 40.0 Å². The van der Waals surface area contributed by atoms with Crippen LogP contribution in [0.25, 0.3) is 5.69 Å². The number of thioether (sulfide) groups is 1. The number of aromatic nitrogens is 2. The van der Waals surface area contributed by atoms with Gasteiger partial charge in [-0.25, -0.2) is 0 Å². The number of rotatable bonds is 4. The van der Waals surface area contributed by atoms with E-state index >= 15 is 0 Å². The smallest absolute Gasteiger partial charge is 0.160 e. The lowest BCUT2D eigenvalue weighted by Crippen LogP contribution is -2.36. The summed E-state index contributed by atoms with van der Waals surface area (Å²) in [5.74, 6) is 1.11. The summed E-state index contributed by atoms with van der Waals surface area (Å²) in [6.45, 7) is 2.27. The van der Waals surface area contributed by atoms with E-state index < -0.39 is 0 Å². The predicted molar refractivity (Wildman–Crippen MR) is 119 cm³/mol. The molecule has 0 amide bonds. The number of benzene rings is 1. The first kappa shape index (κ1) is 18.0. The van der Waals surface area contributed by atoms with Gasteiger partial charge in [-0.3, -0.25) is 9.98 Å². The summed E-state index contributed by atoms with van der Waals surface area (Å²) in [5.41, 5.74) is 3.46. The maximum atomic E-state index is 5.13. The number of aliphatic imine (C=N–C) groups is 1. The molecule has 6 heteroatoms. The van der Waals surface area contributed by atoms with Crippen molar-refractivity contribution in [2.24, 2.45) is 4.99 Å². The predicted octanol–water partition coefficient (Wildman–Crippen LogP) is 5.61. The highest BCUT2D eigenvalue weighted by Gasteiger charge is 2.46. The average Bonchev–Trinajstić information content (AvgIpc) is 3.44. The molecule has 0 radical (unpaired) electrons. The molecule has 2 aliphatic heterocycles. The zero-order valence-corrected chi connectivity index (χ0v) is 18.0. The molecule has 0 saturated carbocycles. The van der Waals surface area contributed by atoms with Crippen LogP contribution in [0, 0.1) is 0 Å². The Labute approximate surface area is 177 Å². The van der Waals surface area contributed by atoms with Crippen molar-refractivity contribution in [2.45, 2.75) is 31.5 Å². The molecular weight excluding hydrogens is 432 g/mol. The van der Waals surface area contributed by atoms with Gasteiger partial charge in [-0.1, -0.05) is 40.7 Å². The lowest BCUT2D eigenvalue weighted by atomic mass is 9.99. The van der Waals surface area contributed by atoms with Gasteiger partial charge in [-0.2, -0.15) is 0 Å². The number of fused-ring (bicyclic) bond motifs is 1. The topological polar surface area (TPSA) is 33.4 Å². The Hall–Kier alpha value is -2.05. The van der Waals surface area contributed by atoms with Crippen LogP contribution in [0.4, 0.5) is 0 Å². The molecule has 28 heavy (non-hydrogen) atoms. The van der Waals surface area contributed by atoms with E-state index in [4.69, 9.17) is 4.99 Å². The summed E-state index contributed by atoms with van der Waals surface area (Å²) in [6.07, 6.45) is 5.14. The van der Waals surface area contributed by atoms with Crippen molar-refractivity contribution >= 4 is 32.9 Å². The van der Waals surface area contributed by atoms with Gasteiger partial charge in [-0.05, 0) is 55.0 Å². The first-order valence-corrected chi connectivity index (χ1v) is 11.4.